The fourth-order valence-corrected chi connectivity index (χ4v) is 0.925. The Bertz CT molecular complexity index is 202. The predicted molar refractivity (Wildman–Crippen MR) is 50.4 cm³/mol. The average Bonchev–Trinajstić information content (AvgIpc) is 2.81. The van der Waals surface area contributed by atoms with E-state index in [-0.39, 0.29) is 0 Å². The summed E-state index contributed by atoms with van der Waals surface area (Å²) in [5.74, 6) is 0.802. The van der Waals surface area contributed by atoms with Gasteiger partial charge in [-0.1, -0.05) is 36.0 Å². The molecule has 0 nitrogen and oxygen atoms in total. The van der Waals surface area contributed by atoms with Crippen LogP contribution < -0.4 is 0 Å². The van der Waals surface area contributed by atoms with E-state index < -0.39 is 0 Å². The quantitative estimate of drug-likeness (QED) is 0.537. The van der Waals surface area contributed by atoms with Crippen LogP contribution in [0.25, 0.3) is 0 Å². The standard InChI is InChI=1S/C11H16/c1-4-9(2)5-6-10(3)11-7-8-11/h4-6,11H,3,7-8H2,1-2H3/b6-5-,9-4-. The molecule has 1 fully saturated rings. The normalized spacial score (nSPS) is 19.3. The molecule has 0 N–H and O–H groups in total. The van der Waals surface area contributed by atoms with Crippen LogP contribution in [0.15, 0.2) is 36.0 Å². The van der Waals surface area contributed by atoms with E-state index in [1.807, 2.05) is 0 Å². The second kappa shape index (κ2) is 3.56. The second-order valence-electron chi connectivity index (χ2n) is 3.22. The first kappa shape index (κ1) is 8.32. The highest BCUT2D eigenvalue weighted by Gasteiger charge is 2.22. The molecule has 0 heteroatoms. The van der Waals surface area contributed by atoms with Crippen LogP contribution in [-0.2, 0) is 0 Å². The molecule has 1 aliphatic carbocycles. The average molecular weight is 148 g/mol. The lowest BCUT2D eigenvalue weighted by Gasteiger charge is -1.93. The molecule has 0 amide bonds. The van der Waals surface area contributed by atoms with E-state index >= 15 is 0 Å². The van der Waals surface area contributed by atoms with Gasteiger partial charge < -0.3 is 0 Å². The van der Waals surface area contributed by atoms with Crippen LogP contribution in [0.4, 0.5) is 0 Å². The third kappa shape index (κ3) is 2.75. The molecule has 0 unspecified atom stereocenters. The largest absolute Gasteiger partial charge is 0.0955 e. The Morgan fingerprint density at radius 1 is 1.36 bits per heavy atom. The molecule has 0 heterocycles. The lowest BCUT2D eigenvalue weighted by Crippen LogP contribution is -1.76. The summed E-state index contributed by atoms with van der Waals surface area (Å²) in [6.45, 7) is 8.17. The topological polar surface area (TPSA) is 0 Å². The molecule has 0 atom stereocenters. The summed E-state index contributed by atoms with van der Waals surface area (Å²) in [4.78, 5) is 0. The van der Waals surface area contributed by atoms with Gasteiger partial charge in [0.2, 0.25) is 0 Å². The highest BCUT2D eigenvalue weighted by molar-refractivity contribution is 5.28. The zero-order valence-electron chi connectivity index (χ0n) is 7.43. The molecule has 60 valence electrons. The third-order valence-corrected chi connectivity index (χ3v) is 2.12. The van der Waals surface area contributed by atoms with Gasteiger partial charge in [-0.2, -0.15) is 0 Å². The van der Waals surface area contributed by atoms with Crippen molar-refractivity contribution in [3.8, 4) is 0 Å². The van der Waals surface area contributed by atoms with E-state index in [0.29, 0.717) is 0 Å². The minimum Gasteiger partial charge on any atom is -0.0955 e. The van der Waals surface area contributed by atoms with Crippen LogP contribution >= 0.6 is 0 Å². The lowest BCUT2D eigenvalue weighted by molar-refractivity contribution is 1.06. The van der Waals surface area contributed by atoms with Gasteiger partial charge >= 0.3 is 0 Å². The number of rotatable bonds is 3. The Kier molecular flexibility index (Phi) is 2.70. The van der Waals surface area contributed by atoms with Gasteiger partial charge in [0.05, 0.1) is 0 Å². The molecular weight excluding hydrogens is 132 g/mol. The second-order valence-corrected chi connectivity index (χ2v) is 3.22. The summed E-state index contributed by atoms with van der Waals surface area (Å²) in [6.07, 6.45) is 9.08. The van der Waals surface area contributed by atoms with Crippen molar-refractivity contribution in [1.29, 1.82) is 0 Å². The van der Waals surface area contributed by atoms with Gasteiger partial charge in [-0.15, -0.1) is 0 Å². The molecule has 11 heavy (non-hydrogen) atoms. The van der Waals surface area contributed by atoms with Crippen molar-refractivity contribution < 1.29 is 0 Å². The summed E-state index contributed by atoms with van der Waals surface area (Å²) in [7, 11) is 0. The van der Waals surface area contributed by atoms with E-state index in [1.165, 1.54) is 24.0 Å². The third-order valence-electron chi connectivity index (χ3n) is 2.12. The fourth-order valence-electron chi connectivity index (χ4n) is 0.925. The predicted octanol–water partition coefficient (Wildman–Crippen LogP) is 3.48. The Labute approximate surface area is 69.3 Å². The summed E-state index contributed by atoms with van der Waals surface area (Å²) in [5, 5.41) is 0. The first-order valence-corrected chi connectivity index (χ1v) is 4.24. The van der Waals surface area contributed by atoms with Crippen LogP contribution in [0.1, 0.15) is 26.7 Å². The summed E-state index contributed by atoms with van der Waals surface area (Å²) in [5.41, 5.74) is 2.61. The maximum atomic E-state index is 4.01. The van der Waals surface area contributed by atoms with Gasteiger partial charge in [0.15, 0.2) is 0 Å². The Morgan fingerprint density at radius 3 is 2.45 bits per heavy atom. The Morgan fingerprint density at radius 2 is 2.00 bits per heavy atom. The number of hydrogen-bond donors (Lipinski definition) is 0. The molecule has 0 aromatic rings. The van der Waals surface area contributed by atoms with Crippen molar-refractivity contribution in [2.24, 2.45) is 5.92 Å². The van der Waals surface area contributed by atoms with Crippen molar-refractivity contribution >= 4 is 0 Å². The highest BCUT2D eigenvalue weighted by Crippen LogP contribution is 2.36. The van der Waals surface area contributed by atoms with Crippen molar-refractivity contribution in [3.05, 3.63) is 36.0 Å². The zero-order chi connectivity index (χ0) is 8.27. The van der Waals surface area contributed by atoms with E-state index in [1.54, 1.807) is 0 Å². The summed E-state index contributed by atoms with van der Waals surface area (Å²) >= 11 is 0. The molecule has 1 rings (SSSR count). The van der Waals surface area contributed by atoms with Crippen LogP contribution in [0.5, 0.6) is 0 Å². The maximum Gasteiger partial charge on any atom is -0.0167 e. The lowest BCUT2D eigenvalue weighted by atomic mass is 10.1. The Balaban J connectivity index is 2.39. The zero-order valence-corrected chi connectivity index (χ0v) is 7.43. The molecule has 0 radical (unpaired) electrons. The van der Waals surface area contributed by atoms with Crippen molar-refractivity contribution in [1.82, 2.24) is 0 Å². The van der Waals surface area contributed by atoms with Gasteiger partial charge in [0.1, 0.15) is 0 Å². The molecule has 0 aromatic carbocycles. The monoisotopic (exact) mass is 148 g/mol. The summed E-state index contributed by atoms with van der Waals surface area (Å²) < 4.78 is 0. The smallest absolute Gasteiger partial charge is 0.0167 e. The first-order valence-electron chi connectivity index (χ1n) is 4.24. The minimum atomic E-state index is 0.802. The van der Waals surface area contributed by atoms with Crippen LogP contribution in [-0.4, -0.2) is 0 Å². The molecule has 0 aliphatic heterocycles. The van der Waals surface area contributed by atoms with E-state index in [2.05, 4.69) is 38.7 Å². The number of hydrogen-bond acceptors (Lipinski definition) is 0. The fraction of sp³-hybridized carbons (Fsp3) is 0.455. The first-order chi connectivity index (χ1) is 5.24. The molecule has 0 aromatic heterocycles. The van der Waals surface area contributed by atoms with E-state index in [0.717, 1.165) is 5.92 Å². The van der Waals surface area contributed by atoms with Crippen molar-refractivity contribution in [3.63, 3.8) is 0 Å². The van der Waals surface area contributed by atoms with Gasteiger partial charge in [-0.05, 0) is 32.6 Å². The molecule has 1 saturated carbocycles. The van der Waals surface area contributed by atoms with E-state index in [4.69, 9.17) is 0 Å². The van der Waals surface area contributed by atoms with Crippen molar-refractivity contribution in [2.45, 2.75) is 26.7 Å². The van der Waals surface area contributed by atoms with Crippen molar-refractivity contribution in [2.75, 3.05) is 0 Å². The maximum absolute atomic E-state index is 4.01. The van der Waals surface area contributed by atoms with Gasteiger partial charge in [-0.3, -0.25) is 0 Å². The van der Waals surface area contributed by atoms with Crippen LogP contribution in [0, 0.1) is 5.92 Å². The SMILES string of the molecule is C=C(/C=C\C(C)=C/C)C1CC1. The molecule has 1 aliphatic rings. The molecule has 0 bridgehead atoms. The van der Waals surface area contributed by atoms with Crippen LogP contribution in [0.3, 0.4) is 0 Å². The molecule has 0 saturated heterocycles. The summed E-state index contributed by atoms with van der Waals surface area (Å²) in [6, 6.07) is 0. The number of allylic oxidation sites excluding steroid dienone is 5. The van der Waals surface area contributed by atoms with Gasteiger partial charge in [-0.25, -0.2) is 0 Å². The van der Waals surface area contributed by atoms with E-state index in [9.17, 15) is 0 Å². The molecule has 0 spiro atoms. The van der Waals surface area contributed by atoms with Crippen LogP contribution in [0.2, 0.25) is 0 Å². The van der Waals surface area contributed by atoms with Gasteiger partial charge in [0.25, 0.3) is 0 Å². The Hall–Kier alpha value is -0.780. The highest BCUT2D eigenvalue weighted by atomic mass is 14.3. The van der Waals surface area contributed by atoms with Gasteiger partial charge in [0, 0.05) is 0 Å². The minimum absolute atomic E-state index is 0.802. The molecular formula is C11H16.